The molecule has 2 heterocycles. The molecule has 1 aromatic heterocycles. The van der Waals surface area contributed by atoms with Crippen LogP contribution in [0, 0.1) is 6.92 Å². The molecule has 0 amide bonds. The first-order valence-electron chi connectivity index (χ1n) is 7.73. The number of morpholine rings is 1. The first-order valence-corrected chi connectivity index (χ1v) is 7.73. The number of carbonyl (C=O) groups is 1. The largest absolute Gasteiger partial charge is 0.466 e. The number of Topliss-reactive ketones (excluding diaryl/α,β-unsaturated/α-hetero) is 1. The minimum Gasteiger partial charge on any atom is -0.466 e. The third kappa shape index (κ3) is 3.57. The van der Waals surface area contributed by atoms with Gasteiger partial charge in [0.1, 0.15) is 11.5 Å². The Bertz CT molecular complexity index is 624. The molecule has 4 heteroatoms. The Morgan fingerprint density at radius 3 is 2.45 bits per heavy atom. The highest BCUT2D eigenvalue weighted by Gasteiger charge is 2.12. The zero-order valence-electron chi connectivity index (χ0n) is 12.9. The number of rotatable bonds is 5. The number of aryl methyl sites for hydroxylation is 2. The lowest BCUT2D eigenvalue weighted by Gasteiger charge is -2.28. The summed E-state index contributed by atoms with van der Waals surface area (Å²) in [6.45, 7) is 5.26. The second kappa shape index (κ2) is 6.79. The monoisotopic (exact) mass is 299 g/mol. The fraction of sp³-hybridized carbons (Fsp3) is 0.389. The summed E-state index contributed by atoms with van der Waals surface area (Å²) in [6.07, 6.45) is 1.13. The van der Waals surface area contributed by atoms with Crippen LogP contribution in [0.3, 0.4) is 0 Å². The predicted molar refractivity (Wildman–Crippen MR) is 85.6 cm³/mol. The lowest BCUT2D eigenvalue weighted by Crippen LogP contribution is -2.36. The number of ketones is 1. The van der Waals surface area contributed by atoms with Gasteiger partial charge in [-0.05, 0) is 43.3 Å². The number of hydrogen-bond acceptors (Lipinski definition) is 4. The summed E-state index contributed by atoms with van der Waals surface area (Å²) < 4.78 is 10.9. The van der Waals surface area contributed by atoms with E-state index in [4.69, 9.17) is 9.15 Å². The predicted octanol–water partition coefficient (Wildman–Crippen LogP) is 3.24. The molecule has 1 aliphatic rings. The lowest BCUT2D eigenvalue weighted by atomic mass is 10.1. The normalized spacial score (nSPS) is 15.0. The Kier molecular flexibility index (Phi) is 4.59. The first kappa shape index (κ1) is 14.9. The summed E-state index contributed by atoms with van der Waals surface area (Å²) in [5.74, 6) is 1.91. The maximum absolute atomic E-state index is 12.2. The van der Waals surface area contributed by atoms with Gasteiger partial charge in [-0.15, -0.1) is 0 Å². The molecule has 116 valence electrons. The molecule has 2 aromatic rings. The molecule has 0 saturated carbocycles. The standard InChI is InChI=1S/C18H21NO3/c1-14-2-7-17(22-14)8-9-18(20)15-3-5-16(6-4-15)19-10-12-21-13-11-19/h2-7H,8-13H2,1H3. The van der Waals surface area contributed by atoms with Gasteiger partial charge in [0, 0.05) is 37.2 Å². The Balaban J connectivity index is 1.58. The highest BCUT2D eigenvalue weighted by Crippen LogP contribution is 2.18. The van der Waals surface area contributed by atoms with Crippen molar-refractivity contribution in [1.29, 1.82) is 0 Å². The molecule has 0 bridgehead atoms. The van der Waals surface area contributed by atoms with Gasteiger partial charge in [0.05, 0.1) is 13.2 Å². The summed E-state index contributed by atoms with van der Waals surface area (Å²) >= 11 is 0. The molecule has 0 atom stereocenters. The Labute approximate surface area is 130 Å². The van der Waals surface area contributed by atoms with Gasteiger partial charge in [0.25, 0.3) is 0 Å². The van der Waals surface area contributed by atoms with E-state index in [2.05, 4.69) is 4.90 Å². The van der Waals surface area contributed by atoms with Crippen molar-refractivity contribution in [3.63, 3.8) is 0 Å². The number of nitrogens with zero attached hydrogens (tertiary/aromatic N) is 1. The highest BCUT2D eigenvalue weighted by molar-refractivity contribution is 5.96. The number of benzene rings is 1. The molecule has 0 spiro atoms. The molecule has 0 unspecified atom stereocenters. The second-order valence-electron chi connectivity index (χ2n) is 5.58. The number of hydrogen-bond donors (Lipinski definition) is 0. The number of furan rings is 1. The van der Waals surface area contributed by atoms with E-state index >= 15 is 0 Å². The van der Waals surface area contributed by atoms with Crippen LogP contribution >= 0.6 is 0 Å². The molecule has 1 aromatic carbocycles. The third-order valence-corrected chi connectivity index (χ3v) is 3.96. The third-order valence-electron chi connectivity index (χ3n) is 3.96. The van der Waals surface area contributed by atoms with Crippen molar-refractivity contribution in [2.75, 3.05) is 31.2 Å². The lowest BCUT2D eigenvalue weighted by molar-refractivity contribution is 0.0980. The van der Waals surface area contributed by atoms with E-state index in [-0.39, 0.29) is 5.78 Å². The Morgan fingerprint density at radius 2 is 1.82 bits per heavy atom. The second-order valence-corrected chi connectivity index (χ2v) is 5.58. The average molecular weight is 299 g/mol. The van der Waals surface area contributed by atoms with Gasteiger partial charge in [0.2, 0.25) is 0 Å². The van der Waals surface area contributed by atoms with Gasteiger partial charge < -0.3 is 14.1 Å². The van der Waals surface area contributed by atoms with Crippen molar-refractivity contribution >= 4 is 11.5 Å². The first-order chi connectivity index (χ1) is 10.7. The van der Waals surface area contributed by atoms with E-state index in [1.807, 2.05) is 43.3 Å². The topological polar surface area (TPSA) is 42.7 Å². The fourth-order valence-electron chi connectivity index (χ4n) is 2.68. The van der Waals surface area contributed by atoms with Crippen LogP contribution in [0.25, 0.3) is 0 Å². The molecule has 0 N–H and O–H groups in total. The van der Waals surface area contributed by atoms with Crippen molar-refractivity contribution in [3.8, 4) is 0 Å². The molecule has 0 radical (unpaired) electrons. The van der Waals surface area contributed by atoms with Crippen molar-refractivity contribution in [3.05, 3.63) is 53.5 Å². The quantitative estimate of drug-likeness (QED) is 0.795. The van der Waals surface area contributed by atoms with Gasteiger partial charge in [-0.3, -0.25) is 4.79 Å². The smallest absolute Gasteiger partial charge is 0.163 e. The number of carbonyl (C=O) groups excluding carboxylic acids is 1. The van der Waals surface area contributed by atoms with Gasteiger partial charge >= 0.3 is 0 Å². The Hall–Kier alpha value is -2.07. The highest BCUT2D eigenvalue weighted by atomic mass is 16.5. The van der Waals surface area contributed by atoms with Crippen LogP contribution in [0.1, 0.15) is 28.3 Å². The Morgan fingerprint density at radius 1 is 1.09 bits per heavy atom. The molecule has 22 heavy (non-hydrogen) atoms. The van der Waals surface area contributed by atoms with E-state index in [1.165, 1.54) is 0 Å². The van der Waals surface area contributed by atoms with E-state index in [0.29, 0.717) is 12.8 Å². The summed E-state index contributed by atoms with van der Waals surface area (Å²) in [6, 6.07) is 11.7. The summed E-state index contributed by atoms with van der Waals surface area (Å²) in [4.78, 5) is 14.5. The van der Waals surface area contributed by atoms with Crippen molar-refractivity contribution < 1.29 is 13.9 Å². The minimum atomic E-state index is 0.155. The SMILES string of the molecule is Cc1ccc(CCC(=O)c2ccc(N3CCOCC3)cc2)o1. The van der Waals surface area contributed by atoms with E-state index < -0.39 is 0 Å². The number of anilines is 1. The van der Waals surface area contributed by atoms with Crippen LogP contribution in [0.2, 0.25) is 0 Å². The van der Waals surface area contributed by atoms with Crippen LogP contribution < -0.4 is 4.90 Å². The van der Waals surface area contributed by atoms with Crippen molar-refractivity contribution in [2.24, 2.45) is 0 Å². The van der Waals surface area contributed by atoms with Crippen molar-refractivity contribution in [2.45, 2.75) is 19.8 Å². The van der Waals surface area contributed by atoms with E-state index in [0.717, 1.165) is 49.1 Å². The molecule has 1 aliphatic heterocycles. The van der Waals surface area contributed by atoms with Crippen LogP contribution in [0.15, 0.2) is 40.8 Å². The van der Waals surface area contributed by atoms with E-state index in [1.54, 1.807) is 0 Å². The molecule has 3 rings (SSSR count). The van der Waals surface area contributed by atoms with Crippen LogP contribution in [-0.4, -0.2) is 32.1 Å². The van der Waals surface area contributed by atoms with Gasteiger partial charge in [-0.25, -0.2) is 0 Å². The molecular formula is C18H21NO3. The zero-order chi connectivity index (χ0) is 15.4. The fourth-order valence-corrected chi connectivity index (χ4v) is 2.68. The van der Waals surface area contributed by atoms with Crippen LogP contribution in [0.4, 0.5) is 5.69 Å². The molecule has 1 saturated heterocycles. The molecular weight excluding hydrogens is 278 g/mol. The maximum atomic E-state index is 12.2. The molecule has 1 fully saturated rings. The van der Waals surface area contributed by atoms with Gasteiger partial charge in [-0.2, -0.15) is 0 Å². The summed E-state index contributed by atoms with van der Waals surface area (Å²) in [5.41, 5.74) is 1.92. The van der Waals surface area contributed by atoms with Crippen LogP contribution in [0.5, 0.6) is 0 Å². The number of ether oxygens (including phenoxy) is 1. The minimum absolute atomic E-state index is 0.155. The summed E-state index contributed by atoms with van der Waals surface area (Å²) in [5, 5.41) is 0. The van der Waals surface area contributed by atoms with Gasteiger partial charge in [-0.1, -0.05) is 0 Å². The van der Waals surface area contributed by atoms with Crippen LogP contribution in [-0.2, 0) is 11.2 Å². The summed E-state index contributed by atoms with van der Waals surface area (Å²) in [7, 11) is 0. The van der Waals surface area contributed by atoms with Gasteiger partial charge in [0.15, 0.2) is 5.78 Å². The van der Waals surface area contributed by atoms with Crippen molar-refractivity contribution in [1.82, 2.24) is 0 Å². The maximum Gasteiger partial charge on any atom is 0.163 e. The average Bonchev–Trinajstić information content (AvgIpc) is 2.99. The zero-order valence-corrected chi connectivity index (χ0v) is 12.9. The van der Waals surface area contributed by atoms with E-state index in [9.17, 15) is 4.79 Å². The molecule has 4 nitrogen and oxygen atoms in total. The molecule has 0 aliphatic carbocycles.